The maximum Gasteiger partial charge on any atom is 0.226 e. The Labute approximate surface area is 122 Å². The molecule has 1 aliphatic rings. The molecule has 1 fully saturated rings. The first-order valence-electron chi connectivity index (χ1n) is 7.25. The first-order chi connectivity index (χ1) is 10.2. The van der Waals surface area contributed by atoms with Crippen LogP contribution in [0.3, 0.4) is 0 Å². The topological polar surface area (TPSA) is 76.4 Å². The molecule has 112 valence electrons. The van der Waals surface area contributed by atoms with E-state index < -0.39 is 0 Å². The van der Waals surface area contributed by atoms with Gasteiger partial charge in [-0.05, 0) is 18.2 Å². The van der Waals surface area contributed by atoms with Crippen LogP contribution in [0.15, 0.2) is 22.6 Å². The van der Waals surface area contributed by atoms with E-state index in [2.05, 4.69) is 15.6 Å². The van der Waals surface area contributed by atoms with Gasteiger partial charge in [-0.3, -0.25) is 4.79 Å². The van der Waals surface area contributed by atoms with Crippen molar-refractivity contribution in [2.75, 3.05) is 25.1 Å². The highest BCUT2D eigenvalue weighted by molar-refractivity contribution is 5.93. The van der Waals surface area contributed by atoms with E-state index in [1.165, 1.54) is 0 Å². The van der Waals surface area contributed by atoms with Gasteiger partial charge in [-0.15, -0.1) is 0 Å². The number of morpholine rings is 1. The SMILES string of the molecule is CCc1nc2cc(NC(=O)CC3COCCN3)ccc2o1. The summed E-state index contributed by atoms with van der Waals surface area (Å²) in [6, 6.07) is 5.58. The Kier molecular flexibility index (Phi) is 4.17. The van der Waals surface area contributed by atoms with Gasteiger partial charge in [-0.1, -0.05) is 6.92 Å². The molecule has 1 unspecified atom stereocenters. The number of benzene rings is 1. The molecule has 1 atom stereocenters. The van der Waals surface area contributed by atoms with Crippen LogP contribution >= 0.6 is 0 Å². The summed E-state index contributed by atoms with van der Waals surface area (Å²) in [6.07, 6.45) is 1.15. The smallest absolute Gasteiger partial charge is 0.226 e. The van der Waals surface area contributed by atoms with Crippen molar-refractivity contribution in [2.45, 2.75) is 25.8 Å². The first kappa shape index (κ1) is 14.0. The second-order valence-electron chi connectivity index (χ2n) is 5.12. The van der Waals surface area contributed by atoms with Crippen LogP contribution in [0, 0.1) is 0 Å². The molecule has 2 heterocycles. The second-order valence-corrected chi connectivity index (χ2v) is 5.12. The lowest BCUT2D eigenvalue weighted by atomic mass is 10.2. The van der Waals surface area contributed by atoms with E-state index in [1.807, 2.05) is 25.1 Å². The van der Waals surface area contributed by atoms with Crippen LogP contribution in [0.2, 0.25) is 0 Å². The molecule has 0 saturated carbocycles. The number of hydrogen-bond acceptors (Lipinski definition) is 5. The van der Waals surface area contributed by atoms with Crippen LogP contribution in [0.25, 0.3) is 11.1 Å². The van der Waals surface area contributed by atoms with Crippen LogP contribution in [-0.2, 0) is 16.0 Å². The molecule has 1 aliphatic heterocycles. The molecule has 21 heavy (non-hydrogen) atoms. The number of nitrogens with one attached hydrogen (secondary N) is 2. The van der Waals surface area contributed by atoms with Gasteiger partial charge in [0.2, 0.25) is 5.91 Å². The average molecular weight is 289 g/mol. The van der Waals surface area contributed by atoms with Gasteiger partial charge in [0.25, 0.3) is 0 Å². The zero-order valence-corrected chi connectivity index (χ0v) is 12.0. The molecule has 0 radical (unpaired) electrons. The number of carbonyl (C=O) groups excluding carboxylic acids is 1. The third-order valence-corrected chi connectivity index (χ3v) is 3.45. The van der Waals surface area contributed by atoms with Crippen LogP contribution < -0.4 is 10.6 Å². The Morgan fingerprint density at radius 2 is 2.43 bits per heavy atom. The van der Waals surface area contributed by atoms with Gasteiger partial charge in [0.15, 0.2) is 11.5 Å². The lowest BCUT2D eigenvalue weighted by Gasteiger charge is -2.23. The summed E-state index contributed by atoms with van der Waals surface area (Å²) in [5.74, 6) is 0.675. The van der Waals surface area contributed by atoms with Crippen LogP contribution in [-0.4, -0.2) is 36.7 Å². The van der Waals surface area contributed by atoms with Gasteiger partial charge in [0, 0.05) is 31.1 Å². The number of ether oxygens (including phenoxy) is 1. The van der Waals surface area contributed by atoms with E-state index in [0.29, 0.717) is 25.5 Å². The molecule has 0 bridgehead atoms. The molecule has 0 aliphatic carbocycles. The second kappa shape index (κ2) is 6.24. The maximum absolute atomic E-state index is 12.0. The summed E-state index contributed by atoms with van der Waals surface area (Å²) in [4.78, 5) is 16.4. The summed E-state index contributed by atoms with van der Waals surface area (Å²) in [7, 11) is 0. The van der Waals surface area contributed by atoms with Crippen LogP contribution in [0.4, 0.5) is 5.69 Å². The standard InChI is InChI=1S/C15H19N3O3/c1-2-15-18-12-7-10(3-4-13(12)21-15)17-14(19)8-11-9-20-6-5-16-11/h3-4,7,11,16H,2,5-6,8-9H2,1H3,(H,17,19). The summed E-state index contributed by atoms with van der Waals surface area (Å²) < 4.78 is 10.9. The highest BCUT2D eigenvalue weighted by Crippen LogP contribution is 2.20. The van der Waals surface area contributed by atoms with E-state index in [-0.39, 0.29) is 11.9 Å². The van der Waals surface area contributed by atoms with E-state index in [1.54, 1.807) is 0 Å². The number of hydrogen-bond donors (Lipinski definition) is 2. The summed E-state index contributed by atoms with van der Waals surface area (Å²) in [5, 5.41) is 6.16. The molecule has 1 amide bonds. The molecule has 1 saturated heterocycles. The summed E-state index contributed by atoms with van der Waals surface area (Å²) in [5.41, 5.74) is 2.25. The Balaban J connectivity index is 1.64. The van der Waals surface area contributed by atoms with Crippen molar-refractivity contribution in [2.24, 2.45) is 0 Å². The third kappa shape index (κ3) is 3.40. The quantitative estimate of drug-likeness (QED) is 0.896. The lowest BCUT2D eigenvalue weighted by molar-refractivity contribution is -0.117. The van der Waals surface area contributed by atoms with Crippen molar-refractivity contribution in [3.05, 3.63) is 24.1 Å². The normalized spacial score (nSPS) is 18.8. The van der Waals surface area contributed by atoms with Gasteiger partial charge in [-0.25, -0.2) is 4.98 Å². The predicted molar refractivity (Wildman–Crippen MR) is 79.2 cm³/mol. The summed E-state index contributed by atoms with van der Waals surface area (Å²) >= 11 is 0. The fraction of sp³-hybridized carbons (Fsp3) is 0.467. The number of carbonyl (C=O) groups is 1. The Bertz CT molecular complexity index is 632. The first-order valence-corrected chi connectivity index (χ1v) is 7.25. The number of nitrogens with zero attached hydrogens (tertiary/aromatic N) is 1. The molecular weight excluding hydrogens is 270 g/mol. The van der Waals surface area contributed by atoms with Gasteiger partial charge < -0.3 is 19.8 Å². The van der Waals surface area contributed by atoms with E-state index >= 15 is 0 Å². The number of aryl methyl sites for hydroxylation is 1. The van der Waals surface area contributed by atoms with Gasteiger partial charge >= 0.3 is 0 Å². The molecule has 6 heteroatoms. The summed E-state index contributed by atoms with van der Waals surface area (Å²) in [6.45, 7) is 4.07. The van der Waals surface area contributed by atoms with Crippen molar-refractivity contribution in [3.8, 4) is 0 Å². The maximum atomic E-state index is 12.0. The Hall–Kier alpha value is -1.92. The van der Waals surface area contributed by atoms with E-state index in [9.17, 15) is 4.79 Å². The van der Waals surface area contributed by atoms with E-state index in [0.717, 1.165) is 29.8 Å². The van der Waals surface area contributed by atoms with Crippen molar-refractivity contribution in [1.29, 1.82) is 0 Å². The number of amides is 1. The van der Waals surface area contributed by atoms with Crippen molar-refractivity contribution >= 4 is 22.7 Å². The van der Waals surface area contributed by atoms with Gasteiger partial charge in [0.05, 0.1) is 13.2 Å². The minimum atomic E-state index is -0.0310. The zero-order chi connectivity index (χ0) is 14.7. The van der Waals surface area contributed by atoms with Crippen molar-refractivity contribution < 1.29 is 13.9 Å². The predicted octanol–water partition coefficient (Wildman–Crippen LogP) is 1.71. The Morgan fingerprint density at radius 1 is 1.52 bits per heavy atom. The molecule has 2 aromatic rings. The number of aromatic nitrogens is 1. The van der Waals surface area contributed by atoms with Crippen LogP contribution in [0.1, 0.15) is 19.2 Å². The zero-order valence-electron chi connectivity index (χ0n) is 12.0. The fourth-order valence-electron chi connectivity index (χ4n) is 2.39. The van der Waals surface area contributed by atoms with Gasteiger partial charge in [0.1, 0.15) is 5.52 Å². The minimum Gasteiger partial charge on any atom is -0.441 e. The van der Waals surface area contributed by atoms with Crippen LogP contribution in [0.5, 0.6) is 0 Å². The monoisotopic (exact) mass is 289 g/mol. The molecule has 1 aromatic heterocycles. The highest BCUT2D eigenvalue weighted by Gasteiger charge is 2.17. The minimum absolute atomic E-state index is 0.0310. The average Bonchev–Trinajstić information content (AvgIpc) is 2.90. The molecule has 2 N–H and O–H groups in total. The molecule has 1 aromatic carbocycles. The third-order valence-electron chi connectivity index (χ3n) is 3.45. The Morgan fingerprint density at radius 3 is 3.19 bits per heavy atom. The van der Waals surface area contributed by atoms with Crippen molar-refractivity contribution in [3.63, 3.8) is 0 Å². The van der Waals surface area contributed by atoms with Gasteiger partial charge in [-0.2, -0.15) is 0 Å². The number of oxazole rings is 1. The number of fused-ring (bicyclic) bond motifs is 1. The van der Waals surface area contributed by atoms with Crippen molar-refractivity contribution in [1.82, 2.24) is 10.3 Å². The molecule has 6 nitrogen and oxygen atoms in total. The number of anilines is 1. The lowest BCUT2D eigenvalue weighted by Crippen LogP contribution is -2.43. The molecular formula is C15H19N3O3. The van der Waals surface area contributed by atoms with E-state index in [4.69, 9.17) is 9.15 Å². The number of rotatable bonds is 4. The highest BCUT2D eigenvalue weighted by atomic mass is 16.5. The molecule has 0 spiro atoms. The largest absolute Gasteiger partial charge is 0.441 e. The fourth-order valence-corrected chi connectivity index (χ4v) is 2.39. The molecule has 3 rings (SSSR count).